The van der Waals surface area contributed by atoms with Crippen LogP contribution in [-0.4, -0.2) is 75.1 Å². The quantitative estimate of drug-likeness (QED) is 0.299. The zero-order valence-corrected chi connectivity index (χ0v) is 24.5. The largest absolute Gasteiger partial charge is 0.405 e. The van der Waals surface area contributed by atoms with Crippen LogP contribution in [0.5, 0.6) is 0 Å². The van der Waals surface area contributed by atoms with Crippen molar-refractivity contribution in [3.05, 3.63) is 71.1 Å². The highest BCUT2D eigenvalue weighted by molar-refractivity contribution is 5.97. The summed E-state index contributed by atoms with van der Waals surface area (Å²) in [4.78, 5) is 15.5. The number of ether oxygens (including phenoxy) is 3. The van der Waals surface area contributed by atoms with Crippen LogP contribution in [-0.2, 0) is 19.0 Å². The first-order valence-electron chi connectivity index (χ1n) is 14.8. The third-order valence-corrected chi connectivity index (χ3v) is 8.53. The van der Waals surface area contributed by atoms with Crippen molar-refractivity contribution >= 4 is 5.91 Å². The van der Waals surface area contributed by atoms with E-state index in [1.807, 2.05) is 11.8 Å². The Hall–Kier alpha value is -2.65. The molecule has 3 aliphatic rings. The highest BCUT2D eigenvalue weighted by atomic mass is 16.5. The van der Waals surface area contributed by atoms with Gasteiger partial charge >= 0.3 is 0 Å². The molecule has 1 aromatic carbocycles. The molecular weight excluding hydrogens is 504 g/mol. The number of hydrogen-bond donors (Lipinski definition) is 3. The molecule has 220 valence electrons. The Morgan fingerprint density at radius 2 is 1.93 bits per heavy atom. The fraction of sp³-hybridized carbons (Fsp3) is 0.594. The maximum Gasteiger partial charge on any atom is 0.254 e. The van der Waals surface area contributed by atoms with Crippen molar-refractivity contribution in [3.63, 3.8) is 0 Å². The van der Waals surface area contributed by atoms with Crippen LogP contribution in [0.25, 0.3) is 0 Å². The second-order valence-corrected chi connectivity index (χ2v) is 11.3. The number of nitrogens with one attached hydrogen (secondary N) is 2. The van der Waals surface area contributed by atoms with Crippen LogP contribution in [0.2, 0.25) is 0 Å². The topological polar surface area (TPSA) is 98.1 Å². The highest BCUT2D eigenvalue weighted by Gasteiger charge is 2.31. The number of amides is 1. The predicted octanol–water partition coefficient (Wildman–Crippen LogP) is 3.88. The fourth-order valence-electron chi connectivity index (χ4n) is 5.92. The van der Waals surface area contributed by atoms with E-state index in [4.69, 9.17) is 19.9 Å². The number of aryl methyl sites for hydroxylation is 1. The van der Waals surface area contributed by atoms with Crippen LogP contribution in [0.15, 0.2) is 60.0 Å². The van der Waals surface area contributed by atoms with Gasteiger partial charge in [-0.05, 0) is 75.8 Å². The Morgan fingerprint density at radius 3 is 2.62 bits per heavy atom. The second-order valence-electron chi connectivity index (χ2n) is 11.3. The lowest BCUT2D eigenvalue weighted by Crippen LogP contribution is -2.54. The molecule has 4 rings (SSSR count). The minimum absolute atomic E-state index is 0.00483. The number of piperidine rings is 1. The fourth-order valence-corrected chi connectivity index (χ4v) is 5.92. The SMILES string of the molecule is C=C(NC[C@H]1CCC[C@@H](c2ccc(C)cc2)O1)/C(C)=C(\C=C/N)C(=O)N1CCC(N[C@@H]2CCOC[C@@H]2OC)CC1. The van der Waals surface area contributed by atoms with Crippen LogP contribution >= 0.6 is 0 Å². The Bertz CT molecular complexity index is 1050. The van der Waals surface area contributed by atoms with Crippen LogP contribution in [0.4, 0.5) is 0 Å². The number of carbonyl (C=O) groups excluding carboxylic acids is 1. The van der Waals surface area contributed by atoms with Gasteiger partial charge in [-0.2, -0.15) is 0 Å². The van der Waals surface area contributed by atoms with Gasteiger partial charge in [-0.15, -0.1) is 0 Å². The van der Waals surface area contributed by atoms with Gasteiger partial charge in [-0.3, -0.25) is 4.79 Å². The summed E-state index contributed by atoms with van der Waals surface area (Å²) in [5.41, 5.74) is 10.4. The van der Waals surface area contributed by atoms with E-state index in [-0.39, 0.29) is 24.2 Å². The van der Waals surface area contributed by atoms with Crippen molar-refractivity contribution < 1.29 is 19.0 Å². The Kier molecular flexibility index (Phi) is 11.2. The average molecular weight is 553 g/mol. The minimum Gasteiger partial charge on any atom is -0.405 e. The first-order valence-corrected chi connectivity index (χ1v) is 14.8. The Morgan fingerprint density at radius 1 is 1.18 bits per heavy atom. The lowest BCUT2D eigenvalue weighted by atomic mass is 9.97. The van der Waals surface area contributed by atoms with Gasteiger partial charge in [-0.25, -0.2) is 0 Å². The molecule has 3 saturated heterocycles. The summed E-state index contributed by atoms with van der Waals surface area (Å²) in [5, 5.41) is 7.19. The van der Waals surface area contributed by atoms with Crippen LogP contribution in [0.1, 0.15) is 62.7 Å². The molecule has 0 bridgehead atoms. The molecule has 0 radical (unpaired) electrons. The van der Waals surface area contributed by atoms with Gasteiger partial charge in [0.15, 0.2) is 0 Å². The maximum absolute atomic E-state index is 13.6. The number of nitrogens with zero attached hydrogens (tertiary/aromatic N) is 1. The van der Waals surface area contributed by atoms with Crippen molar-refractivity contribution in [2.45, 2.75) is 82.8 Å². The van der Waals surface area contributed by atoms with E-state index in [1.165, 1.54) is 17.3 Å². The minimum atomic E-state index is -0.00483. The summed E-state index contributed by atoms with van der Waals surface area (Å²) in [5.74, 6) is -0.00483. The van der Waals surface area contributed by atoms with Gasteiger partial charge < -0.3 is 35.5 Å². The van der Waals surface area contributed by atoms with E-state index in [9.17, 15) is 4.79 Å². The first-order chi connectivity index (χ1) is 19.4. The molecule has 0 aromatic heterocycles. The molecule has 4 atom stereocenters. The number of rotatable bonds is 10. The molecule has 8 heteroatoms. The van der Waals surface area contributed by atoms with Crippen molar-refractivity contribution in [1.29, 1.82) is 0 Å². The summed E-state index contributed by atoms with van der Waals surface area (Å²) < 4.78 is 17.6. The molecule has 0 saturated carbocycles. The summed E-state index contributed by atoms with van der Waals surface area (Å²) in [6.45, 7) is 11.7. The van der Waals surface area contributed by atoms with Gasteiger partial charge in [0.2, 0.25) is 0 Å². The average Bonchev–Trinajstić information content (AvgIpc) is 2.99. The number of benzene rings is 1. The third kappa shape index (κ3) is 7.97. The molecule has 8 nitrogen and oxygen atoms in total. The van der Waals surface area contributed by atoms with Crippen molar-refractivity contribution in [3.8, 4) is 0 Å². The lowest BCUT2D eigenvalue weighted by molar-refractivity contribution is -0.128. The number of likely N-dealkylation sites (tertiary alicyclic amines) is 1. The zero-order chi connectivity index (χ0) is 28.5. The van der Waals surface area contributed by atoms with E-state index >= 15 is 0 Å². The van der Waals surface area contributed by atoms with Gasteiger partial charge in [-0.1, -0.05) is 36.4 Å². The number of hydrogen-bond acceptors (Lipinski definition) is 7. The molecule has 40 heavy (non-hydrogen) atoms. The van der Waals surface area contributed by atoms with Crippen LogP contribution < -0.4 is 16.4 Å². The smallest absolute Gasteiger partial charge is 0.254 e. The predicted molar refractivity (Wildman–Crippen MR) is 159 cm³/mol. The van der Waals surface area contributed by atoms with Gasteiger partial charge in [0.1, 0.15) is 0 Å². The molecular formula is C32H48N4O4. The van der Waals surface area contributed by atoms with E-state index in [0.717, 1.165) is 56.4 Å². The monoisotopic (exact) mass is 552 g/mol. The molecule has 3 fully saturated rings. The number of carbonyl (C=O) groups is 1. The Labute approximate surface area is 240 Å². The van der Waals surface area contributed by atoms with Crippen molar-refractivity contribution in [1.82, 2.24) is 15.5 Å². The molecule has 3 heterocycles. The molecule has 3 aliphatic heterocycles. The summed E-state index contributed by atoms with van der Waals surface area (Å²) in [6.07, 6.45) is 9.32. The molecule has 1 amide bonds. The lowest BCUT2D eigenvalue weighted by Gasteiger charge is -2.38. The van der Waals surface area contributed by atoms with Gasteiger partial charge in [0.05, 0.1) is 24.9 Å². The normalized spacial score (nSPS) is 26.9. The second kappa shape index (κ2) is 14.8. The molecule has 0 aliphatic carbocycles. The summed E-state index contributed by atoms with van der Waals surface area (Å²) >= 11 is 0. The van der Waals surface area contributed by atoms with Crippen LogP contribution in [0.3, 0.4) is 0 Å². The maximum atomic E-state index is 13.6. The van der Waals surface area contributed by atoms with Gasteiger partial charge in [0, 0.05) is 56.7 Å². The van der Waals surface area contributed by atoms with E-state index in [0.29, 0.717) is 43.9 Å². The van der Waals surface area contributed by atoms with E-state index in [2.05, 4.69) is 48.4 Å². The number of methoxy groups -OCH3 is 1. The highest BCUT2D eigenvalue weighted by Crippen LogP contribution is 2.31. The van der Waals surface area contributed by atoms with Gasteiger partial charge in [0.25, 0.3) is 5.91 Å². The molecule has 0 spiro atoms. The number of allylic oxidation sites excluding steroid dienone is 1. The molecule has 0 unspecified atom stereocenters. The van der Waals surface area contributed by atoms with Crippen LogP contribution in [0, 0.1) is 6.92 Å². The van der Waals surface area contributed by atoms with Crippen molar-refractivity contribution in [2.75, 3.05) is 40.0 Å². The molecule has 4 N–H and O–H groups in total. The Balaban J connectivity index is 1.30. The van der Waals surface area contributed by atoms with E-state index < -0.39 is 0 Å². The van der Waals surface area contributed by atoms with Crippen molar-refractivity contribution in [2.24, 2.45) is 5.73 Å². The van der Waals surface area contributed by atoms with E-state index in [1.54, 1.807) is 13.2 Å². The zero-order valence-electron chi connectivity index (χ0n) is 24.5. The standard InChI is InChI=1S/C32H48N4O4/c1-22-8-10-25(11-9-22)30-7-5-6-27(40-30)20-34-24(3)23(2)28(12-16-33)32(37)36-17-13-26(14-18-36)35-29-15-19-39-21-31(29)38-4/h8-12,16,26-27,29-31,34-35H,3,5-7,13-15,17-21,33H2,1-2,4H3/b16-12-,28-23+/t27-,29-,30+,31+/m1/s1. The number of nitrogens with two attached hydrogens (primary N) is 1. The summed E-state index contributed by atoms with van der Waals surface area (Å²) in [7, 11) is 1.74. The summed E-state index contributed by atoms with van der Waals surface area (Å²) in [6, 6.07) is 9.26. The molecule has 1 aromatic rings. The third-order valence-electron chi connectivity index (χ3n) is 8.53. The first kappa shape index (κ1) is 30.3.